The van der Waals surface area contributed by atoms with Crippen molar-refractivity contribution >= 4 is 11.1 Å². The minimum Gasteiger partial charge on any atom is -0.493 e. The van der Waals surface area contributed by atoms with Gasteiger partial charge in [-0.15, -0.1) is 0 Å². The number of quaternary nitrogens is 2. The molecule has 0 atom stereocenters. The van der Waals surface area contributed by atoms with E-state index < -0.39 is 0 Å². The number of hydrogen-bond donors (Lipinski definition) is 2. The monoisotopic (exact) mass is 383 g/mol. The second-order valence-electron chi connectivity index (χ2n) is 7.56. The zero-order valence-corrected chi connectivity index (χ0v) is 16.9. The number of rotatable bonds is 6. The van der Waals surface area contributed by atoms with Gasteiger partial charge in [-0.05, 0) is 36.8 Å². The number of fused-ring (bicyclic) bond motifs is 1. The number of aryl methyl sites for hydroxylation is 1. The molecular formula is C22H29N3O3+2. The van der Waals surface area contributed by atoms with Crippen LogP contribution >= 0.6 is 0 Å². The Morgan fingerprint density at radius 1 is 0.929 bits per heavy atom. The molecule has 6 nitrogen and oxygen atoms in total. The summed E-state index contributed by atoms with van der Waals surface area (Å²) in [5.74, 6) is 2.45. The zero-order valence-electron chi connectivity index (χ0n) is 16.9. The van der Waals surface area contributed by atoms with Crippen LogP contribution in [0.3, 0.4) is 0 Å². The van der Waals surface area contributed by atoms with Crippen molar-refractivity contribution in [3.05, 3.63) is 53.4 Å². The Bertz CT molecular complexity index is 912. The number of methoxy groups -OCH3 is 2. The van der Waals surface area contributed by atoms with Crippen LogP contribution in [-0.2, 0) is 13.1 Å². The fourth-order valence-corrected chi connectivity index (χ4v) is 4.00. The molecular weight excluding hydrogens is 354 g/mol. The Morgan fingerprint density at radius 2 is 1.57 bits per heavy atom. The molecule has 0 saturated carbocycles. The van der Waals surface area contributed by atoms with Gasteiger partial charge < -0.3 is 23.7 Å². The normalized spacial score (nSPS) is 19.7. The third kappa shape index (κ3) is 3.98. The molecule has 2 heterocycles. The molecule has 3 aromatic rings. The average molecular weight is 383 g/mol. The summed E-state index contributed by atoms with van der Waals surface area (Å²) in [7, 11) is 3.37. The second kappa shape index (κ2) is 8.20. The Balaban J connectivity index is 1.35. The summed E-state index contributed by atoms with van der Waals surface area (Å²) < 4.78 is 16.8. The maximum Gasteiger partial charge on any atom is 0.251 e. The smallest absolute Gasteiger partial charge is 0.251 e. The molecule has 0 aliphatic carbocycles. The number of piperazine rings is 1. The van der Waals surface area contributed by atoms with Crippen LogP contribution < -0.4 is 19.3 Å². The van der Waals surface area contributed by atoms with E-state index in [1.165, 1.54) is 11.1 Å². The van der Waals surface area contributed by atoms with Crippen LogP contribution in [0.2, 0.25) is 0 Å². The number of nitrogens with zero attached hydrogens (tertiary/aromatic N) is 1. The summed E-state index contributed by atoms with van der Waals surface area (Å²) in [6.45, 7) is 8.55. The number of ether oxygens (including phenoxy) is 2. The Morgan fingerprint density at radius 3 is 2.25 bits per heavy atom. The maximum absolute atomic E-state index is 5.89. The zero-order chi connectivity index (χ0) is 19.5. The predicted molar refractivity (Wildman–Crippen MR) is 107 cm³/mol. The summed E-state index contributed by atoms with van der Waals surface area (Å²) >= 11 is 0. The van der Waals surface area contributed by atoms with Crippen molar-refractivity contribution in [1.82, 2.24) is 4.98 Å². The maximum atomic E-state index is 5.89. The summed E-state index contributed by atoms with van der Waals surface area (Å²) in [5, 5.41) is 0. The molecule has 148 valence electrons. The lowest BCUT2D eigenvalue weighted by atomic mass is 10.1. The van der Waals surface area contributed by atoms with Gasteiger partial charge in [0.25, 0.3) is 5.89 Å². The molecule has 1 fully saturated rings. The van der Waals surface area contributed by atoms with Crippen molar-refractivity contribution in [2.75, 3.05) is 40.4 Å². The van der Waals surface area contributed by atoms with Gasteiger partial charge in [-0.3, -0.25) is 0 Å². The lowest BCUT2D eigenvalue weighted by molar-refractivity contribution is -1.02. The number of nitrogens with one attached hydrogen (secondary N) is 2. The van der Waals surface area contributed by atoms with Crippen molar-refractivity contribution < 1.29 is 23.7 Å². The third-order valence-corrected chi connectivity index (χ3v) is 5.69. The quantitative estimate of drug-likeness (QED) is 0.656. The first-order valence-electron chi connectivity index (χ1n) is 9.89. The molecule has 6 heteroatoms. The van der Waals surface area contributed by atoms with E-state index in [-0.39, 0.29) is 0 Å². The molecule has 1 aliphatic rings. The van der Waals surface area contributed by atoms with Crippen LogP contribution in [0.4, 0.5) is 0 Å². The SMILES string of the molecule is COc1cc(C)c(C[NH+]2CC[NH+](Cc3nc4ccccc4o3)CC2)cc1OC. The van der Waals surface area contributed by atoms with Gasteiger partial charge in [0.2, 0.25) is 0 Å². The highest BCUT2D eigenvalue weighted by molar-refractivity contribution is 5.72. The standard InChI is InChI=1S/C22H27N3O3/c1-16-12-20(26-2)21(27-3)13-17(16)14-24-8-10-25(11-9-24)15-22-23-18-6-4-5-7-19(18)28-22/h4-7,12-13H,8-11,14-15H2,1-3H3/p+2. The van der Waals surface area contributed by atoms with Crippen molar-refractivity contribution in [1.29, 1.82) is 0 Å². The fraction of sp³-hybridized carbons (Fsp3) is 0.409. The first kappa shape index (κ1) is 18.8. The number of oxazole rings is 1. The van der Waals surface area contributed by atoms with Gasteiger partial charge in [-0.25, -0.2) is 4.98 Å². The van der Waals surface area contributed by atoms with E-state index in [2.05, 4.69) is 24.0 Å². The van der Waals surface area contributed by atoms with Crippen molar-refractivity contribution in [2.45, 2.75) is 20.0 Å². The number of para-hydroxylation sites is 2. The van der Waals surface area contributed by atoms with E-state index in [1.807, 2.05) is 24.3 Å². The molecule has 1 aromatic heterocycles. The van der Waals surface area contributed by atoms with Crippen LogP contribution in [0.15, 0.2) is 40.8 Å². The Labute approximate surface area is 165 Å². The van der Waals surface area contributed by atoms with Gasteiger partial charge in [0.1, 0.15) is 38.2 Å². The van der Waals surface area contributed by atoms with E-state index in [0.717, 1.165) is 67.8 Å². The van der Waals surface area contributed by atoms with Gasteiger partial charge in [-0.2, -0.15) is 0 Å². The van der Waals surface area contributed by atoms with Crippen LogP contribution in [0.25, 0.3) is 11.1 Å². The predicted octanol–water partition coefficient (Wildman–Crippen LogP) is 0.637. The summed E-state index contributed by atoms with van der Waals surface area (Å²) in [6, 6.07) is 12.2. The van der Waals surface area contributed by atoms with E-state index >= 15 is 0 Å². The number of aromatic nitrogens is 1. The summed E-state index contributed by atoms with van der Waals surface area (Å²) in [5.41, 5.74) is 4.41. The second-order valence-corrected chi connectivity index (χ2v) is 7.56. The Kier molecular flexibility index (Phi) is 5.50. The van der Waals surface area contributed by atoms with Crippen molar-refractivity contribution in [3.63, 3.8) is 0 Å². The van der Waals surface area contributed by atoms with Crippen molar-refractivity contribution in [2.24, 2.45) is 0 Å². The molecule has 1 saturated heterocycles. The summed E-state index contributed by atoms with van der Waals surface area (Å²) in [4.78, 5) is 7.77. The van der Waals surface area contributed by atoms with Gasteiger partial charge >= 0.3 is 0 Å². The number of hydrogen-bond acceptors (Lipinski definition) is 4. The van der Waals surface area contributed by atoms with Crippen LogP contribution in [0.5, 0.6) is 11.5 Å². The molecule has 0 unspecified atom stereocenters. The van der Waals surface area contributed by atoms with E-state index in [4.69, 9.17) is 13.9 Å². The first-order valence-corrected chi connectivity index (χ1v) is 9.89. The van der Waals surface area contributed by atoms with Crippen LogP contribution in [0.1, 0.15) is 17.0 Å². The molecule has 0 radical (unpaired) electrons. The third-order valence-electron chi connectivity index (χ3n) is 5.69. The molecule has 0 spiro atoms. The largest absolute Gasteiger partial charge is 0.493 e. The molecule has 0 bridgehead atoms. The lowest BCUT2D eigenvalue weighted by Gasteiger charge is -2.29. The topological polar surface area (TPSA) is 53.4 Å². The molecule has 28 heavy (non-hydrogen) atoms. The first-order chi connectivity index (χ1) is 13.7. The Hall–Kier alpha value is -2.57. The molecule has 2 aromatic carbocycles. The molecule has 1 aliphatic heterocycles. The fourth-order valence-electron chi connectivity index (χ4n) is 4.00. The highest BCUT2D eigenvalue weighted by Gasteiger charge is 2.25. The van der Waals surface area contributed by atoms with Crippen LogP contribution in [-0.4, -0.2) is 45.4 Å². The van der Waals surface area contributed by atoms with E-state index in [9.17, 15) is 0 Å². The lowest BCUT2D eigenvalue weighted by Crippen LogP contribution is -3.27. The molecule has 0 amide bonds. The van der Waals surface area contributed by atoms with Gasteiger partial charge in [0, 0.05) is 5.56 Å². The van der Waals surface area contributed by atoms with Crippen molar-refractivity contribution in [3.8, 4) is 11.5 Å². The summed E-state index contributed by atoms with van der Waals surface area (Å²) in [6.07, 6.45) is 0. The van der Waals surface area contributed by atoms with Gasteiger partial charge in [0.15, 0.2) is 23.6 Å². The average Bonchev–Trinajstić information content (AvgIpc) is 3.13. The minimum atomic E-state index is 0.798. The molecule has 4 rings (SSSR count). The van der Waals surface area contributed by atoms with Gasteiger partial charge in [-0.1, -0.05) is 12.1 Å². The van der Waals surface area contributed by atoms with E-state index in [1.54, 1.807) is 24.0 Å². The van der Waals surface area contributed by atoms with E-state index in [0.29, 0.717) is 0 Å². The molecule has 2 N–H and O–H groups in total. The highest BCUT2D eigenvalue weighted by Crippen LogP contribution is 2.29. The van der Waals surface area contributed by atoms with Crippen LogP contribution in [0, 0.1) is 6.92 Å². The highest BCUT2D eigenvalue weighted by atomic mass is 16.5. The van der Waals surface area contributed by atoms with Gasteiger partial charge in [0.05, 0.1) is 14.2 Å². The number of benzene rings is 2. The minimum absolute atomic E-state index is 0.798.